The normalized spacial score (nSPS) is 21.3. The highest BCUT2D eigenvalue weighted by molar-refractivity contribution is 9.10. The predicted molar refractivity (Wildman–Crippen MR) is 103 cm³/mol. The molecule has 26 heavy (non-hydrogen) atoms. The summed E-state index contributed by atoms with van der Waals surface area (Å²) in [5, 5.41) is 1.55. The summed E-state index contributed by atoms with van der Waals surface area (Å²) >= 11 is 3.47. The van der Waals surface area contributed by atoms with Crippen LogP contribution in [0.5, 0.6) is 0 Å². The molecule has 0 radical (unpaired) electrons. The molecule has 134 valence electrons. The molecule has 1 aliphatic carbocycles. The van der Waals surface area contributed by atoms with Crippen LogP contribution in [0, 0.1) is 5.41 Å². The zero-order valence-corrected chi connectivity index (χ0v) is 16.0. The smallest absolute Gasteiger partial charge is 0.269 e. The van der Waals surface area contributed by atoms with Gasteiger partial charge in [-0.1, -0.05) is 65.5 Å². The Balaban J connectivity index is 1.63. The monoisotopic (exact) mass is 412 g/mol. The number of nitrogens with zero attached hydrogens (tertiary/aromatic N) is 1. The summed E-state index contributed by atoms with van der Waals surface area (Å²) in [5.74, 6) is -0.193. The summed E-state index contributed by atoms with van der Waals surface area (Å²) in [6.45, 7) is 0. The fourth-order valence-electron chi connectivity index (χ4n) is 4.32. The van der Waals surface area contributed by atoms with Crippen LogP contribution >= 0.6 is 15.9 Å². The van der Waals surface area contributed by atoms with E-state index in [1.54, 1.807) is 17.1 Å². The van der Waals surface area contributed by atoms with Gasteiger partial charge in [-0.2, -0.15) is 0 Å². The van der Waals surface area contributed by atoms with E-state index >= 15 is 0 Å². The molecule has 2 aromatic rings. The van der Waals surface area contributed by atoms with Crippen molar-refractivity contribution in [1.82, 2.24) is 10.4 Å². The Hall–Kier alpha value is -2.14. The van der Waals surface area contributed by atoms with Crippen molar-refractivity contribution >= 4 is 27.7 Å². The Kier molecular flexibility index (Phi) is 4.57. The summed E-state index contributed by atoms with van der Waals surface area (Å²) in [4.78, 5) is 25.6. The number of benzene rings is 2. The van der Waals surface area contributed by atoms with Crippen molar-refractivity contribution in [3.05, 3.63) is 70.2 Å². The molecule has 0 unspecified atom stereocenters. The fourth-order valence-corrected chi connectivity index (χ4v) is 4.58. The molecule has 0 bridgehead atoms. The quantitative estimate of drug-likeness (QED) is 0.747. The molecule has 1 atom stereocenters. The Labute approximate surface area is 161 Å². The maximum atomic E-state index is 13.1. The highest BCUT2D eigenvalue weighted by Gasteiger charge is 2.61. The van der Waals surface area contributed by atoms with Crippen LogP contribution in [0.1, 0.15) is 54.1 Å². The van der Waals surface area contributed by atoms with E-state index in [2.05, 4.69) is 21.4 Å². The average Bonchev–Trinajstić information content (AvgIpc) is 2.70. The minimum atomic E-state index is -0.365. The molecule has 0 aromatic heterocycles. The number of nitrogens with one attached hydrogen (secondary N) is 1. The highest BCUT2D eigenvalue weighted by atomic mass is 79.9. The van der Waals surface area contributed by atoms with Crippen LogP contribution < -0.4 is 5.43 Å². The third kappa shape index (κ3) is 2.84. The molecule has 2 aliphatic rings. The number of hydrazine groups is 1. The van der Waals surface area contributed by atoms with Gasteiger partial charge in [0.15, 0.2) is 0 Å². The standard InChI is InChI=1S/C21H21BrN2O2/c22-17-11-9-15(10-12-17)18-21(13-5-2-6-14-21)20(26)24(18)23-19(25)16-7-3-1-4-8-16/h1,3-4,7-12,18H,2,5-6,13-14H2,(H,23,25)/t18-/m1/s1. The molecule has 1 spiro atoms. The number of amides is 2. The van der Waals surface area contributed by atoms with Gasteiger partial charge in [-0.3, -0.25) is 15.0 Å². The number of carbonyl (C=O) groups excluding carboxylic acids is 2. The van der Waals surface area contributed by atoms with Crippen LogP contribution in [0.2, 0.25) is 0 Å². The van der Waals surface area contributed by atoms with E-state index < -0.39 is 0 Å². The first-order chi connectivity index (χ1) is 12.6. The maximum Gasteiger partial charge on any atom is 0.269 e. The molecule has 4 nitrogen and oxygen atoms in total. The zero-order chi connectivity index (χ0) is 18.1. The molecule has 1 aliphatic heterocycles. The van der Waals surface area contributed by atoms with E-state index in [4.69, 9.17) is 0 Å². The topological polar surface area (TPSA) is 49.4 Å². The van der Waals surface area contributed by atoms with E-state index in [1.807, 2.05) is 42.5 Å². The lowest BCUT2D eigenvalue weighted by Crippen LogP contribution is -2.69. The summed E-state index contributed by atoms with van der Waals surface area (Å²) < 4.78 is 1.00. The lowest BCUT2D eigenvalue weighted by Gasteiger charge is -2.57. The van der Waals surface area contributed by atoms with Crippen molar-refractivity contribution in [2.75, 3.05) is 0 Å². The average molecular weight is 413 g/mol. The molecule has 1 N–H and O–H groups in total. The second kappa shape index (κ2) is 6.88. The number of halogens is 1. The molecule has 5 heteroatoms. The molecule has 2 fully saturated rings. The van der Waals surface area contributed by atoms with Gasteiger partial charge in [0.2, 0.25) is 5.91 Å². The molecule has 4 rings (SSSR count). The van der Waals surface area contributed by atoms with Gasteiger partial charge in [0.25, 0.3) is 5.91 Å². The minimum Gasteiger partial charge on any atom is -0.272 e. The Morgan fingerprint density at radius 2 is 1.65 bits per heavy atom. The summed E-state index contributed by atoms with van der Waals surface area (Å²) in [6, 6.07) is 17.0. The number of hydrogen-bond acceptors (Lipinski definition) is 2. The Morgan fingerprint density at radius 3 is 2.31 bits per heavy atom. The lowest BCUT2D eigenvalue weighted by atomic mass is 9.61. The van der Waals surface area contributed by atoms with Crippen LogP contribution in [0.15, 0.2) is 59.1 Å². The van der Waals surface area contributed by atoms with Gasteiger partial charge in [0, 0.05) is 10.0 Å². The third-order valence-corrected chi connectivity index (χ3v) is 6.14. The molecule has 2 amide bonds. The van der Waals surface area contributed by atoms with E-state index in [1.165, 1.54) is 6.42 Å². The van der Waals surface area contributed by atoms with Crippen molar-refractivity contribution in [2.24, 2.45) is 5.41 Å². The predicted octanol–water partition coefficient (Wildman–Crippen LogP) is 4.63. The van der Waals surface area contributed by atoms with E-state index in [-0.39, 0.29) is 23.3 Å². The molecule has 2 aromatic carbocycles. The summed E-state index contributed by atoms with van der Waals surface area (Å²) in [5.41, 5.74) is 4.11. The van der Waals surface area contributed by atoms with E-state index in [0.717, 1.165) is 35.7 Å². The van der Waals surface area contributed by atoms with Gasteiger partial charge in [-0.15, -0.1) is 0 Å². The number of β-lactam (4-membered cyclic amide) rings is 1. The van der Waals surface area contributed by atoms with Gasteiger partial charge >= 0.3 is 0 Å². The van der Waals surface area contributed by atoms with Crippen molar-refractivity contribution in [3.8, 4) is 0 Å². The summed E-state index contributed by atoms with van der Waals surface area (Å²) in [6.07, 6.45) is 5.10. The number of carbonyl (C=O) groups is 2. The van der Waals surface area contributed by atoms with Crippen LogP contribution in [0.4, 0.5) is 0 Å². The molecular formula is C21H21BrN2O2. The molecule has 1 heterocycles. The highest BCUT2D eigenvalue weighted by Crippen LogP contribution is 2.57. The van der Waals surface area contributed by atoms with Gasteiger partial charge in [0.05, 0.1) is 11.5 Å². The van der Waals surface area contributed by atoms with Crippen LogP contribution in [-0.2, 0) is 4.79 Å². The van der Waals surface area contributed by atoms with E-state index in [9.17, 15) is 9.59 Å². The number of hydrogen-bond donors (Lipinski definition) is 1. The second-order valence-electron chi connectivity index (χ2n) is 7.15. The first kappa shape index (κ1) is 17.3. The first-order valence-electron chi connectivity index (χ1n) is 9.07. The molecular weight excluding hydrogens is 392 g/mol. The third-order valence-electron chi connectivity index (χ3n) is 5.62. The van der Waals surface area contributed by atoms with Crippen molar-refractivity contribution in [1.29, 1.82) is 0 Å². The second-order valence-corrected chi connectivity index (χ2v) is 8.07. The largest absolute Gasteiger partial charge is 0.272 e. The van der Waals surface area contributed by atoms with Gasteiger partial charge in [-0.25, -0.2) is 5.01 Å². The van der Waals surface area contributed by atoms with Gasteiger partial charge in [-0.05, 0) is 42.7 Å². The molecule has 1 saturated carbocycles. The van der Waals surface area contributed by atoms with Gasteiger partial charge < -0.3 is 0 Å². The Bertz CT molecular complexity index is 814. The van der Waals surface area contributed by atoms with Gasteiger partial charge in [0.1, 0.15) is 0 Å². The Morgan fingerprint density at radius 1 is 1.00 bits per heavy atom. The molecule has 1 saturated heterocycles. The summed E-state index contributed by atoms with van der Waals surface area (Å²) in [7, 11) is 0. The van der Waals surface area contributed by atoms with Crippen molar-refractivity contribution < 1.29 is 9.59 Å². The number of rotatable bonds is 3. The SMILES string of the molecule is O=C(NN1C(=O)C2(CCCCC2)[C@H]1c1ccc(Br)cc1)c1ccccc1. The van der Waals surface area contributed by atoms with Crippen LogP contribution in [0.3, 0.4) is 0 Å². The first-order valence-corrected chi connectivity index (χ1v) is 9.86. The van der Waals surface area contributed by atoms with Crippen molar-refractivity contribution in [3.63, 3.8) is 0 Å². The fraction of sp³-hybridized carbons (Fsp3) is 0.333. The van der Waals surface area contributed by atoms with E-state index in [0.29, 0.717) is 5.56 Å². The van der Waals surface area contributed by atoms with Crippen LogP contribution in [0.25, 0.3) is 0 Å². The van der Waals surface area contributed by atoms with Crippen molar-refractivity contribution in [2.45, 2.75) is 38.1 Å². The van der Waals surface area contributed by atoms with Crippen LogP contribution in [-0.4, -0.2) is 16.8 Å². The maximum absolute atomic E-state index is 13.1. The lowest BCUT2D eigenvalue weighted by molar-refractivity contribution is -0.184. The zero-order valence-electron chi connectivity index (χ0n) is 14.5. The minimum absolute atomic E-state index is 0.0504.